The molecular weight excluding hydrogens is 354 g/mol. The Morgan fingerprint density at radius 2 is 1.85 bits per heavy atom. The molecule has 0 radical (unpaired) electrons. The minimum absolute atomic E-state index is 0.357. The lowest BCUT2D eigenvalue weighted by molar-refractivity contribution is 0.200. The van der Waals surface area contributed by atoms with E-state index in [0.29, 0.717) is 24.2 Å². The largest absolute Gasteiger partial charge is 0.338 e. The summed E-state index contributed by atoms with van der Waals surface area (Å²) < 4.78 is 5.52. The quantitative estimate of drug-likeness (QED) is 0.508. The second-order valence-electron chi connectivity index (χ2n) is 6.82. The summed E-state index contributed by atoms with van der Waals surface area (Å²) in [6.07, 6.45) is 0. The van der Waals surface area contributed by atoms with E-state index in [1.807, 2.05) is 17.5 Å². The van der Waals surface area contributed by atoms with E-state index in [0.717, 1.165) is 18.0 Å². The predicted molar refractivity (Wildman–Crippen MR) is 106 cm³/mol. The van der Waals surface area contributed by atoms with Crippen molar-refractivity contribution in [3.05, 3.63) is 94.7 Å². The standard InChI is InChI=1S/C22H19N3OS/c1-2-7-16(8-3-1)19-14-25(13-17-9-4-5-10-18(17)19)15-21-23-22(24-26-21)20-11-6-12-27-20/h1-12,19H,13-15H2. The first-order chi connectivity index (χ1) is 13.4. The van der Waals surface area contributed by atoms with Crippen molar-refractivity contribution in [1.29, 1.82) is 0 Å². The Labute approximate surface area is 162 Å². The Bertz CT molecular complexity index is 1030. The summed E-state index contributed by atoms with van der Waals surface area (Å²) in [5.74, 6) is 1.71. The number of hydrogen-bond acceptors (Lipinski definition) is 5. The second kappa shape index (κ2) is 7.10. The van der Waals surface area contributed by atoms with Gasteiger partial charge in [-0.1, -0.05) is 65.8 Å². The van der Waals surface area contributed by atoms with Crippen LogP contribution in [0, 0.1) is 0 Å². The van der Waals surface area contributed by atoms with Crippen LogP contribution in [-0.4, -0.2) is 21.6 Å². The van der Waals surface area contributed by atoms with Gasteiger partial charge in [0.2, 0.25) is 11.7 Å². The Hall–Kier alpha value is -2.76. The molecule has 5 rings (SSSR count). The summed E-state index contributed by atoms with van der Waals surface area (Å²) in [6, 6.07) is 23.5. The van der Waals surface area contributed by atoms with Crippen LogP contribution in [0.1, 0.15) is 28.5 Å². The van der Waals surface area contributed by atoms with Crippen molar-refractivity contribution >= 4 is 11.3 Å². The highest BCUT2D eigenvalue weighted by molar-refractivity contribution is 7.13. The summed E-state index contributed by atoms with van der Waals surface area (Å²) in [6.45, 7) is 2.50. The van der Waals surface area contributed by atoms with Gasteiger partial charge in [-0.25, -0.2) is 0 Å². The van der Waals surface area contributed by atoms with Gasteiger partial charge < -0.3 is 4.52 Å². The third kappa shape index (κ3) is 3.31. The lowest BCUT2D eigenvalue weighted by atomic mass is 9.85. The zero-order valence-electron chi connectivity index (χ0n) is 14.8. The average molecular weight is 373 g/mol. The van der Waals surface area contributed by atoms with Crippen molar-refractivity contribution in [3.8, 4) is 10.7 Å². The van der Waals surface area contributed by atoms with E-state index in [1.54, 1.807) is 11.3 Å². The topological polar surface area (TPSA) is 42.2 Å². The molecule has 2 aromatic heterocycles. The number of nitrogens with zero attached hydrogens (tertiary/aromatic N) is 3. The minimum Gasteiger partial charge on any atom is -0.338 e. The zero-order chi connectivity index (χ0) is 18.1. The highest BCUT2D eigenvalue weighted by Crippen LogP contribution is 2.34. The fraction of sp³-hybridized carbons (Fsp3) is 0.182. The van der Waals surface area contributed by atoms with Gasteiger partial charge in [0.1, 0.15) is 0 Å². The molecular formula is C22H19N3OS. The minimum atomic E-state index is 0.357. The number of rotatable bonds is 4. The Kier molecular flexibility index (Phi) is 4.32. The molecule has 2 aromatic carbocycles. The van der Waals surface area contributed by atoms with E-state index in [1.165, 1.54) is 16.7 Å². The Morgan fingerprint density at radius 3 is 2.70 bits per heavy atom. The normalized spacial score (nSPS) is 17.0. The van der Waals surface area contributed by atoms with E-state index in [9.17, 15) is 0 Å². The molecule has 27 heavy (non-hydrogen) atoms. The van der Waals surface area contributed by atoms with Gasteiger partial charge in [0, 0.05) is 19.0 Å². The van der Waals surface area contributed by atoms with Crippen LogP contribution in [-0.2, 0) is 13.1 Å². The van der Waals surface area contributed by atoms with Gasteiger partial charge in [0.25, 0.3) is 0 Å². The van der Waals surface area contributed by atoms with Crippen LogP contribution in [0.2, 0.25) is 0 Å². The molecule has 1 aliphatic heterocycles. The molecule has 1 unspecified atom stereocenters. The fourth-order valence-electron chi connectivity index (χ4n) is 3.79. The number of aromatic nitrogens is 2. The molecule has 0 bridgehead atoms. The highest BCUT2D eigenvalue weighted by atomic mass is 32.1. The van der Waals surface area contributed by atoms with Crippen LogP contribution < -0.4 is 0 Å². The maximum atomic E-state index is 5.52. The van der Waals surface area contributed by atoms with Gasteiger partial charge in [-0.2, -0.15) is 4.98 Å². The van der Waals surface area contributed by atoms with Crippen LogP contribution in [0.3, 0.4) is 0 Å². The Balaban J connectivity index is 1.41. The molecule has 0 saturated heterocycles. The molecule has 5 heteroatoms. The smallest absolute Gasteiger partial charge is 0.241 e. The third-order valence-electron chi connectivity index (χ3n) is 5.04. The molecule has 4 nitrogen and oxygen atoms in total. The molecule has 0 spiro atoms. The molecule has 4 aromatic rings. The van der Waals surface area contributed by atoms with Crippen LogP contribution in [0.25, 0.3) is 10.7 Å². The zero-order valence-corrected chi connectivity index (χ0v) is 15.6. The van der Waals surface area contributed by atoms with Gasteiger partial charge in [0.05, 0.1) is 11.4 Å². The van der Waals surface area contributed by atoms with Crippen LogP contribution in [0.4, 0.5) is 0 Å². The van der Waals surface area contributed by atoms with Gasteiger partial charge >= 0.3 is 0 Å². The van der Waals surface area contributed by atoms with Crippen molar-refractivity contribution in [3.63, 3.8) is 0 Å². The lowest BCUT2D eigenvalue weighted by Crippen LogP contribution is -2.33. The van der Waals surface area contributed by atoms with E-state index >= 15 is 0 Å². The van der Waals surface area contributed by atoms with Crippen molar-refractivity contribution in [2.75, 3.05) is 6.54 Å². The number of hydrogen-bond donors (Lipinski definition) is 0. The second-order valence-corrected chi connectivity index (χ2v) is 7.77. The molecule has 0 fully saturated rings. The molecule has 3 heterocycles. The van der Waals surface area contributed by atoms with Crippen LogP contribution >= 0.6 is 11.3 Å². The molecule has 0 saturated carbocycles. The highest BCUT2D eigenvalue weighted by Gasteiger charge is 2.27. The summed E-state index contributed by atoms with van der Waals surface area (Å²) in [7, 11) is 0. The summed E-state index contributed by atoms with van der Waals surface area (Å²) in [5, 5.41) is 6.17. The van der Waals surface area contributed by atoms with Gasteiger partial charge in [-0.05, 0) is 28.1 Å². The first-order valence-corrected chi connectivity index (χ1v) is 9.96. The van der Waals surface area contributed by atoms with Crippen molar-refractivity contribution < 1.29 is 4.52 Å². The monoisotopic (exact) mass is 373 g/mol. The Morgan fingerprint density at radius 1 is 1.00 bits per heavy atom. The molecule has 0 N–H and O–H groups in total. The maximum Gasteiger partial charge on any atom is 0.241 e. The summed E-state index contributed by atoms with van der Waals surface area (Å²) in [5.41, 5.74) is 4.14. The SMILES string of the molecule is c1ccc(C2CN(Cc3nc(-c4cccs4)no3)Cc3ccccc32)cc1. The van der Waals surface area contributed by atoms with Crippen molar-refractivity contribution in [2.24, 2.45) is 0 Å². The molecule has 0 aliphatic carbocycles. The van der Waals surface area contributed by atoms with Crippen molar-refractivity contribution in [2.45, 2.75) is 19.0 Å². The number of thiophene rings is 1. The summed E-state index contributed by atoms with van der Waals surface area (Å²) in [4.78, 5) is 8.02. The van der Waals surface area contributed by atoms with Gasteiger partial charge in [0.15, 0.2) is 0 Å². The van der Waals surface area contributed by atoms with Crippen LogP contribution in [0.5, 0.6) is 0 Å². The van der Waals surface area contributed by atoms with Crippen LogP contribution in [0.15, 0.2) is 76.6 Å². The maximum absolute atomic E-state index is 5.52. The van der Waals surface area contributed by atoms with E-state index in [4.69, 9.17) is 4.52 Å². The molecule has 1 aliphatic rings. The molecule has 0 amide bonds. The predicted octanol–water partition coefficient (Wildman–Crippen LogP) is 4.95. The third-order valence-corrected chi connectivity index (χ3v) is 5.90. The fourth-order valence-corrected chi connectivity index (χ4v) is 4.44. The van der Waals surface area contributed by atoms with E-state index in [-0.39, 0.29) is 0 Å². The van der Waals surface area contributed by atoms with Gasteiger partial charge in [-0.3, -0.25) is 4.90 Å². The van der Waals surface area contributed by atoms with Gasteiger partial charge in [-0.15, -0.1) is 11.3 Å². The van der Waals surface area contributed by atoms with Crippen molar-refractivity contribution in [1.82, 2.24) is 15.0 Å². The first-order valence-electron chi connectivity index (χ1n) is 9.08. The van der Waals surface area contributed by atoms with E-state index < -0.39 is 0 Å². The molecule has 134 valence electrons. The number of fused-ring (bicyclic) bond motifs is 1. The lowest BCUT2D eigenvalue weighted by Gasteiger charge is -2.34. The molecule has 1 atom stereocenters. The van der Waals surface area contributed by atoms with E-state index in [2.05, 4.69) is 69.6 Å². The summed E-state index contributed by atoms with van der Waals surface area (Å²) >= 11 is 1.63. The number of benzene rings is 2. The average Bonchev–Trinajstić information content (AvgIpc) is 3.40. The first kappa shape index (κ1) is 16.4.